The van der Waals surface area contributed by atoms with Crippen molar-refractivity contribution in [2.45, 2.75) is 25.4 Å². The number of nitrogens with zero attached hydrogens (tertiary/aromatic N) is 2. The first-order valence-electron chi connectivity index (χ1n) is 7.23. The number of hydrogen-bond donors (Lipinski definition) is 0. The molecule has 0 radical (unpaired) electrons. The molecule has 4 rings (SSSR count). The second kappa shape index (κ2) is 4.63. The summed E-state index contributed by atoms with van der Waals surface area (Å²) in [4.78, 5) is 14.5. The number of likely N-dealkylation sites (tertiary alicyclic amines) is 1. The van der Waals surface area contributed by atoms with Gasteiger partial charge >= 0.3 is 0 Å². The normalized spacial score (nSPS) is 25.4. The minimum atomic E-state index is 0.153. The Bertz CT molecular complexity index is 659. The summed E-state index contributed by atoms with van der Waals surface area (Å²) >= 11 is 0. The van der Waals surface area contributed by atoms with Gasteiger partial charge in [0.15, 0.2) is 0 Å². The van der Waals surface area contributed by atoms with Crippen LogP contribution < -0.4 is 5.56 Å². The third-order valence-corrected chi connectivity index (χ3v) is 4.54. The van der Waals surface area contributed by atoms with Gasteiger partial charge in [-0.15, -0.1) is 0 Å². The number of rotatable bonds is 2. The SMILES string of the molecule is O=c1cccc2n1C[C@H]1C[C@H]2CN(Cc2ccoc2)C1. The van der Waals surface area contributed by atoms with Crippen molar-refractivity contribution in [3.8, 4) is 0 Å². The predicted molar refractivity (Wildman–Crippen MR) is 75.5 cm³/mol. The predicted octanol–water partition coefficient (Wildman–Crippen LogP) is 2.06. The summed E-state index contributed by atoms with van der Waals surface area (Å²) in [6.07, 6.45) is 4.77. The topological polar surface area (TPSA) is 38.4 Å². The third kappa shape index (κ3) is 2.00. The molecule has 4 heteroatoms. The Labute approximate surface area is 117 Å². The molecule has 4 heterocycles. The summed E-state index contributed by atoms with van der Waals surface area (Å²) < 4.78 is 7.13. The van der Waals surface area contributed by atoms with Crippen molar-refractivity contribution in [3.05, 3.63) is 58.4 Å². The highest BCUT2D eigenvalue weighted by Crippen LogP contribution is 2.35. The van der Waals surface area contributed by atoms with Crippen LogP contribution in [-0.4, -0.2) is 22.6 Å². The van der Waals surface area contributed by atoms with Crippen LogP contribution in [0.2, 0.25) is 0 Å². The zero-order chi connectivity index (χ0) is 13.5. The molecule has 1 saturated heterocycles. The molecule has 0 N–H and O–H groups in total. The average Bonchev–Trinajstić information content (AvgIpc) is 2.93. The van der Waals surface area contributed by atoms with E-state index in [0.717, 1.165) is 26.2 Å². The van der Waals surface area contributed by atoms with Crippen LogP contribution in [0.1, 0.15) is 23.6 Å². The summed E-state index contributed by atoms with van der Waals surface area (Å²) in [5.41, 5.74) is 2.60. The summed E-state index contributed by atoms with van der Waals surface area (Å²) in [5.74, 6) is 1.08. The van der Waals surface area contributed by atoms with Gasteiger partial charge in [-0.1, -0.05) is 6.07 Å². The number of fused-ring (bicyclic) bond motifs is 4. The fraction of sp³-hybridized carbons (Fsp3) is 0.438. The molecule has 2 atom stereocenters. The summed E-state index contributed by atoms with van der Waals surface area (Å²) in [7, 11) is 0. The van der Waals surface area contributed by atoms with Gasteiger partial charge in [-0.3, -0.25) is 9.69 Å². The van der Waals surface area contributed by atoms with Crippen LogP contribution in [-0.2, 0) is 13.1 Å². The van der Waals surface area contributed by atoms with E-state index in [1.165, 1.54) is 17.7 Å². The molecule has 20 heavy (non-hydrogen) atoms. The van der Waals surface area contributed by atoms with E-state index in [1.807, 2.05) is 23.0 Å². The molecule has 0 amide bonds. The van der Waals surface area contributed by atoms with Gasteiger partial charge in [0.2, 0.25) is 0 Å². The van der Waals surface area contributed by atoms with E-state index in [1.54, 1.807) is 12.3 Å². The van der Waals surface area contributed by atoms with E-state index in [0.29, 0.717) is 11.8 Å². The van der Waals surface area contributed by atoms with E-state index in [4.69, 9.17) is 4.42 Å². The Morgan fingerprint density at radius 1 is 1.20 bits per heavy atom. The zero-order valence-electron chi connectivity index (χ0n) is 11.4. The van der Waals surface area contributed by atoms with Crippen LogP contribution in [0.5, 0.6) is 0 Å². The highest BCUT2D eigenvalue weighted by atomic mass is 16.3. The van der Waals surface area contributed by atoms with E-state index in [9.17, 15) is 4.79 Å². The van der Waals surface area contributed by atoms with Crippen LogP contribution in [0.25, 0.3) is 0 Å². The Balaban J connectivity index is 1.60. The second-order valence-electron chi connectivity index (χ2n) is 6.02. The summed E-state index contributed by atoms with van der Waals surface area (Å²) in [6.45, 7) is 3.92. The molecule has 4 nitrogen and oxygen atoms in total. The van der Waals surface area contributed by atoms with Crippen molar-refractivity contribution in [2.24, 2.45) is 5.92 Å². The van der Waals surface area contributed by atoms with Crippen LogP contribution in [0.3, 0.4) is 0 Å². The van der Waals surface area contributed by atoms with Gasteiger partial charge in [-0.25, -0.2) is 0 Å². The Kier molecular flexibility index (Phi) is 2.77. The number of hydrogen-bond acceptors (Lipinski definition) is 3. The molecular weight excluding hydrogens is 252 g/mol. The van der Waals surface area contributed by atoms with Gasteiger partial charge in [-0.05, 0) is 24.5 Å². The van der Waals surface area contributed by atoms with Gasteiger partial charge in [0.25, 0.3) is 5.56 Å². The van der Waals surface area contributed by atoms with Crippen LogP contribution in [0, 0.1) is 5.92 Å². The first-order chi connectivity index (χ1) is 9.79. The zero-order valence-corrected chi connectivity index (χ0v) is 11.4. The summed E-state index contributed by atoms with van der Waals surface area (Å²) in [6, 6.07) is 7.71. The maximum atomic E-state index is 12.0. The van der Waals surface area contributed by atoms with Crippen LogP contribution in [0.4, 0.5) is 0 Å². The molecule has 2 aliphatic heterocycles. The van der Waals surface area contributed by atoms with Crippen LogP contribution in [0.15, 0.2) is 46.0 Å². The van der Waals surface area contributed by atoms with Gasteiger partial charge in [0.1, 0.15) is 0 Å². The maximum absolute atomic E-state index is 12.0. The highest BCUT2D eigenvalue weighted by molar-refractivity contribution is 5.17. The smallest absolute Gasteiger partial charge is 0.250 e. The molecular formula is C16H18N2O2. The van der Waals surface area contributed by atoms with Crippen molar-refractivity contribution in [2.75, 3.05) is 13.1 Å². The fourth-order valence-corrected chi connectivity index (χ4v) is 3.77. The minimum Gasteiger partial charge on any atom is -0.472 e. The first kappa shape index (κ1) is 12.0. The van der Waals surface area contributed by atoms with Crippen molar-refractivity contribution in [3.63, 3.8) is 0 Å². The van der Waals surface area contributed by atoms with Crippen molar-refractivity contribution < 1.29 is 4.42 Å². The Morgan fingerprint density at radius 2 is 2.15 bits per heavy atom. The number of furan rings is 1. The molecule has 1 fully saturated rings. The molecule has 2 aliphatic rings. The molecule has 2 bridgehead atoms. The van der Waals surface area contributed by atoms with Crippen molar-refractivity contribution in [1.82, 2.24) is 9.47 Å². The van der Waals surface area contributed by atoms with E-state index < -0.39 is 0 Å². The van der Waals surface area contributed by atoms with E-state index in [2.05, 4.69) is 11.0 Å². The molecule has 2 aromatic heterocycles. The van der Waals surface area contributed by atoms with E-state index in [-0.39, 0.29) is 5.56 Å². The molecule has 0 aliphatic carbocycles. The molecule has 2 aromatic rings. The monoisotopic (exact) mass is 270 g/mol. The standard InChI is InChI=1S/C16H18N2O2/c19-16-3-1-2-15-14-6-13(9-18(15)16)8-17(10-14)7-12-4-5-20-11-12/h1-5,11,13-14H,6-10H2/t13-,14-/m0/s1. The van der Waals surface area contributed by atoms with Crippen molar-refractivity contribution in [1.29, 1.82) is 0 Å². The lowest BCUT2D eigenvalue weighted by Gasteiger charge is -2.42. The quantitative estimate of drug-likeness (QED) is 0.838. The minimum absolute atomic E-state index is 0.153. The molecule has 0 spiro atoms. The van der Waals surface area contributed by atoms with Gasteiger partial charge in [0, 0.05) is 49.4 Å². The van der Waals surface area contributed by atoms with Gasteiger partial charge in [0.05, 0.1) is 12.5 Å². The number of pyridine rings is 1. The molecule has 0 unspecified atom stereocenters. The molecule has 0 aromatic carbocycles. The second-order valence-corrected chi connectivity index (χ2v) is 6.02. The largest absolute Gasteiger partial charge is 0.472 e. The highest BCUT2D eigenvalue weighted by Gasteiger charge is 2.34. The lowest BCUT2D eigenvalue weighted by Crippen LogP contribution is -2.46. The number of piperidine rings is 1. The summed E-state index contributed by atoms with van der Waals surface area (Å²) in [5, 5.41) is 0. The van der Waals surface area contributed by atoms with Crippen LogP contribution >= 0.6 is 0 Å². The van der Waals surface area contributed by atoms with Gasteiger partial charge in [-0.2, -0.15) is 0 Å². The van der Waals surface area contributed by atoms with Gasteiger partial charge < -0.3 is 8.98 Å². The lowest BCUT2D eigenvalue weighted by molar-refractivity contribution is 0.114. The maximum Gasteiger partial charge on any atom is 0.250 e. The van der Waals surface area contributed by atoms with Crippen molar-refractivity contribution >= 4 is 0 Å². The first-order valence-corrected chi connectivity index (χ1v) is 7.23. The van der Waals surface area contributed by atoms with E-state index >= 15 is 0 Å². The number of aromatic nitrogens is 1. The molecule has 0 saturated carbocycles. The third-order valence-electron chi connectivity index (χ3n) is 4.54. The lowest BCUT2D eigenvalue weighted by atomic mass is 9.83. The Hall–Kier alpha value is -1.81. The fourth-order valence-electron chi connectivity index (χ4n) is 3.77. The Morgan fingerprint density at radius 3 is 3.00 bits per heavy atom. The average molecular weight is 270 g/mol. The molecule has 104 valence electrons.